The van der Waals surface area contributed by atoms with Crippen molar-refractivity contribution in [2.45, 2.75) is 26.7 Å². The number of hydrogen-bond acceptors (Lipinski definition) is 2. The van der Waals surface area contributed by atoms with Gasteiger partial charge in [0.25, 0.3) is 0 Å². The van der Waals surface area contributed by atoms with Gasteiger partial charge in [-0.2, -0.15) is 0 Å². The van der Waals surface area contributed by atoms with Crippen LogP contribution in [0.5, 0.6) is 0 Å². The van der Waals surface area contributed by atoms with Crippen LogP contribution in [0.15, 0.2) is 0 Å². The first-order chi connectivity index (χ1) is 6.37. The summed E-state index contributed by atoms with van der Waals surface area (Å²) in [5, 5.41) is 0. The lowest BCUT2D eigenvalue weighted by molar-refractivity contribution is -0.120. The quantitative estimate of drug-likeness (QED) is 0.536. The molecule has 0 saturated heterocycles. The van der Waals surface area contributed by atoms with Crippen molar-refractivity contribution in [2.75, 3.05) is 6.16 Å². The summed E-state index contributed by atoms with van der Waals surface area (Å²) in [7, 11) is -4.20. The molecule has 0 amide bonds. The first-order valence-electron chi connectivity index (χ1n) is 4.33. The summed E-state index contributed by atoms with van der Waals surface area (Å²) in [5.41, 5.74) is 0. The van der Waals surface area contributed by atoms with Gasteiger partial charge in [0.2, 0.25) is 0 Å². The lowest BCUT2D eigenvalue weighted by Crippen LogP contribution is -2.15. The van der Waals surface area contributed by atoms with E-state index in [-0.39, 0.29) is 5.92 Å². The fourth-order valence-corrected chi connectivity index (χ4v) is 1.65. The average molecular weight is 218 g/mol. The molecule has 0 aromatic heterocycles. The molecule has 0 aliphatic carbocycles. The lowest BCUT2D eigenvalue weighted by Gasteiger charge is -2.08. The zero-order valence-corrected chi connectivity index (χ0v) is 9.25. The molecule has 0 bridgehead atoms. The summed E-state index contributed by atoms with van der Waals surface area (Å²) in [6, 6.07) is 0. The second-order valence-corrected chi connectivity index (χ2v) is 4.80. The minimum atomic E-state index is -4.20. The molecule has 0 rings (SSSR count). The summed E-state index contributed by atoms with van der Waals surface area (Å²) >= 11 is 0. The molecule has 80 valence electrons. The largest absolute Gasteiger partial charge is 0.332 e. The van der Waals surface area contributed by atoms with Gasteiger partial charge in [-0.15, -0.1) is 11.8 Å². The highest BCUT2D eigenvalue weighted by atomic mass is 31.2. The van der Waals surface area contributed by atoms with E-state index in [1.165, 1.54) is 0 Å². The van der Waals surface area contributed by atoms with Crippen LogP contribution in [-0.4, -0.2) is 21.7 Å². The van der Waals surface area contributed by atoms with Gasteiger partial charge in [-0.1, -0.05) is 6.92 Å². The smallest absolute Gasteiger partial charge is 0.324 e. The molecule has 0 aromatic carbocycles. The number of hydrogen-bond donors (Lipinski definition) is 2. The van der Waals surface area contributed by atoms with E-state index >= 15 is 0 Å². The van der Waals surface area contributed by atoms with Gasteiger partial charge in [-0.05, 0) is 13.3 Å². The molecule has 0 spiro atoms. The van der Waals surface area contributed by atoms with Gasteiger partial charge < -0.3 is 9.79 Å². The Bertz CT molecular complexity index is 294. The molecule has 0 aliphatic heterocycles. The summed E-state index contributed by atoms with van der Waals surface area (Å²) in [6.45, 7) is 3.37. The molecule has 1 unspecified atom stereocenters. The molecule has 1 atom stereocenters. The minimum Gasteiger partial charge on any atom is -0.324 e. The van der Waals surface area contributed by atoms with Crippen LogP contribution in [0.25, 0.3) is 0 Å². The number of ketones is 1. The Morgan fingerprint density at radius 3 is 2.50 bits per heavy atom. The van der Waals surface area contributed by atoms with Crippen LogP contribution in [-0.2, 0) is 9.36 Å². The van der Waals surface area contributed by atoms with Crippen LogP contribution in [0.2, 0.25) is 0 Å². The number of Topliss-reactive ketones (excluding diaryl/α,β-unsaturated/α-hetero) is 1. The summed E-state index contributed by atoms with van der Waals surface area (Å²) in [6.07, 6.45) is 0.484. The second kappa shape index (κ2) is 5.98. The van der Waals surface area contributed by atoms with E-state index in [1.54, 1.807) is 13.8 Å². The fourth-order valence-electron chi connectivity index (χ4n) is 0.934. The molecule has 2 N–H and O–H groups in total. The maximum atomic E-state index is 11.2. The standard InChI is InChI=1S/C9H15O4P/c1-3-4-5-6-8(2)9(10)7-14(11,12)13/h8H,5-7H2,1-2H3,(H2,11,12,13). The molecular formula is C9H15O4P. The van der Waals surface area contributed by atoms with E-state index in [0.29, 0.717) is 12.8 Å². The Balaban J connectivity index is 3.98. The van der Waals surface area contributed by atoms with Gasteiger partial charge in [0.1, 0.15) is 11.9 Å². The van der Waals surface area contributed by atoms with Crippen molar-refractivity contribution in [1.29, 1.82) is 0 Å². The first-order valence-corrected chi connectivity index (χ1v) is 6.13. The van der Waals surface area contributed by atoms with E-state index in [1.807, 2.05) is 0 Å². The third-order valence-electron chi connectivity index (χ3n) is 1.79. The van der Waals surface area contributed by atoms with Gasteiger partial charge in [-0.3, -0.25) is 9.36 Å². The Kier molecular flexibility index (Phi) is 5.71. The maximum Gasteiger partial charge on any atom is 0.332 e. The van der Waals surface area contributed by atoms with E-state index in [4.69, 9.17) is 9.79 Å². The maximum absolute atomic E-state index is 11.2. The Labute approximate surface area is 83.9 Å². The summed E-state index contributed by atoms with van der Waals surface area (Å²) in [4.78, 5) is 28.4. The molecule has 0 heterocycles. The fraction of sp³-hybridized carbons (Fsp3) is 0.667. The van der Waals surface area contributed by atoms with Crippen molar-refractivity contribution in [2.24, 2.45) is 5.92 Å². The molecule has 5 heteroatoms. The zero-order valence-electron chi connectivity index (χ0n) is 8.36. The highest BCUT2D eigenvalue weighted by Crippen LogP contribution is 2.35. The van der Waals surface area contributed by atoms with Crippen molar-refractivity contribution in [3.63, 3.8) is 0 Å². The molecule has 0 saturated carbocycles. The third-order valence-corrected chi connectivity index (χ3v) is 2.51. The number of carbonyl (C=O) groups excluding carboxylic acids is 1. The molecule has 14 heavy (non-hydrogen) atoms. The topological polar surface area (TPSA) is 74.6 Å². The lowest BCUT2D eigenvalue weighted by atomic mass is 10.0. The van der Waals surface area contributed by atoms with Gasteiger partial charge in [0, 0.05) is 12.3 Å². The summed E-state index contributed by atoms with van der Waals surface area (Å²) in [5.74, 6) is 4.77. The van der Waals surface area contributed by atoms with Gasteiger partial charge in [-0.25, -0.2) is 0 Å². The van der Waals surface area contributed by atoms with E-state index in [2.05, 4.69) is 11.8 Å². The van der Waals surface area contributed by atoms with Crippen molar-refractivity contribution >= 4 is 13.4 Å². The van der Waals surface area contributed by atoms with Crippen LogP contribution in [0.1, 0.15) is 26.7 Å². The minimum absolute atomic E-state index is 0.330. The monoisotopic (exact) mass is 218 g/mol. The van der Waals surface area contributed by atoms with Crippen molar-refractivity contribution in [3.8, 4) is 11.8 Å². The Hall–Kier alpha value is -0.620. The van der Waals surface area contributed by atoms with Crippen molar-refractivity contribution < 1.29 is 19.1 Å². The molecule has 0 aliphatic rings. The highest BCUT2D eigenvalue weighted by molar-refractivity contribution is 7.52. The first kappa shape index (κ1) is 13.4. The predicted octanol–water partition coefficient (Wildman–Crippen LogP) is 1.17. The van der Waals surface area contributed by atoms with Crippen molar-refractivity contribution in [1.82, 2.24) is 0 Å². The molecular weight excluding hydrogens is 203 g/mol. The molecule has 0 fully saturated rings. The zero-order chi connectivity index (χ0) is 11.2. The van der Waals surface area contributed by atoms with Crippen molar-refractivity contribution in [3.05, 3.63) is 0 Å². The predicted molar refractivity (Wildman–Crippen MR) is 53.8 cm³/mol. The van der Waals surface area contributed by atoms with E-state index in [0.717, 1.165) is 0 Å². The van der Waals surface area contributed by atoms with Crippen LogP contribution in [0, 0.1) is 17.8 Å². The second-order valence-electron chi connectivity index (χ2n) is 3.16. The highest BCUT2D eigenvalue weighted by Gasteiger charge is 2.22. The van der Waals surface area contributed by atoms with Gasteiger partial charge >= 0.3 is 7.60 Å². The Morgan fingerprint density at radius 2 is 2.07 bits per heavy atom. The van der Waals surface area contributed by atoms with E-state index < -0.39 is 19.5 Å². The van der Waals surface area contributed by atoms with Crippen LogP contribution >= 0.6 is 7.60 Å². The number of carbonyl (C=O) groups is 1. The van der Waals surface area contributed by atoms with E-state index in [9.17, 15) is 9.36 Å². The number of rotatable bonds is 5. The van der Waals surface area contributed by atoms with Crippen LogP contribution in [0.4, 0.5) is 0 Å². The molecule has 0 aromatic rings. The molecule has 4 nitrogen and oxygen atoms in total. The van der Waals surface area contributed by atoms with Gasteiger partial charge in [0.15, 0.2) is 0 Å². The van der Waals surface area contributed by atoms with Crippen LogP contribution in [0.3, 0.4) is 0 Å². The summed E-state index contributed by atoms with van der Waals surface area (Å²) < 4.78 is 10.5. The van der Waals surface area contributed by atoms with Crippen LogP contribution < -0.4 is 0 Å². The third kappa shape index (κ3) is 6.85. The average Bonchev–Trinajstić information content (AvgIpc) is 2.01. The SMILES string of the molecule is CC#CCCC(C)C(=O)CP(=O)(O)O. The molecule has 0 radical (unpaired) electrons. The normalized spacial score (nSPS) is 12.9. The Morgan fingerprint density at radius 1 is 1.50 bits per heavy atom. The van der Waals surface area contributed by atoms with Gasteiger partial charge in [0.05, 0.1) is 0 Å².